The van der Waals surface area contributed by atoms with E-state index in [1.807, 2.05) is 42.5 Å². The number of nitrogens with zero attached hydrogens (tertiary/aromatic N) is 4. The van der Waals surface area contributed by atoms with E-state index in [0.717, 1.165) is 16.7 Å². The molecule has 0 amide bonds. The van der Waals surface area contributed by atoms with Gasteiger partial charge in [0.25, 0.3) is 0 Å². The van der Waals surface area contributed by atoms with Crippen molar-refractivity contribution in [3.63, 3.8) is 0 Å². The van der Waals surface area contributed by atoms with Gasteiger partial charge in [-0.05, 0) is 41.8 Å². The third kappa shape index (κ3) is 5.56. The van der Waals surface area contributed by atoms with Crippen LogP contribution in [0, 0.1) is 34.0 Å². The Kier molecular flexibility index (Phi) is 7.94. The number of esters is 1. The summed E-state index contributed by atoms with van der Waals surface area (Å²) >= 11 is 0. The quantitative estimate of drug-likeness (QED) is 0.286. The molecule has 34 heavy (non-hydrogen) atoms. The number of para-hydroxylation sites is 1. The number of carbonyl (C=O) groups is 1. The Morgan fingerprint density at radius 3 is 2.38 bits per heavy atom. The molecule has 0 spiro atoms. The summed E-state index contributed by atoms with van der Waals surface area (Å²) in [6.45, 7) is 2.31. The van der Waals surface area contributed by atoms with Crippen molar-refractivity contribution >= 4 is 23.1 Å². The molecule has 0 saturated carbocycles. The highest BCUT2D eigenvalue weighted by Gasteiger charge is 2.16. The van der Waals surface area contributed by atoms with E-state index in [2.05, 4.69) is 21.9 Å². The van der Waals surface area contributed by atoms with Gasteiger partial charge in [0.05, 0.1) is 35.2 Å². The van der Waals surface area contributed by atoms with Crippen LogP contribution in [0.25, 0.3) is 11.1 Å². The summed E-state index contributed by atoms with van der Waals surface area (Å²) in [5.41, 5.74) is 6.76. The van der Waals surface area contributed by atoms with E-state index in [4.69, 9.17) is 15.3 Å². The van der Waals surface area contributed by atoms with Crippen LogP contribution in [0.5, 0.6) is 0 Å². The first-order valence-corrected chi connectivity index (χ1v) is 10.4. The van der Waals surface area contributed by atoms with E-state index in [0.29, 0.717) is 23.5 Å². The molecule has 2 N–H and O–H groups in total. The van der Waals surface area contributed by atoms with Crippen LogP contribution in [0.4, 0.5) is 11.4 Å². The predicted molar refractivity (Wildman–Crippen MR) is 129 cm³/mol. The number of nitrogens with one attached hydrogen (secondary N) is 2. The molecule has 0 aliphatic carbocycles. The van der Waals surface area contributed by atoms with Crippen LogP contribution in [-0.2, 0) is 11.3 Å². The van der Waals surface area contributed by atoms with Gasteiger partial charge in [0, 0.05) is 6.54 Å². The lowest BCUT2D eigenvalue weighted by Crippen LogP contribution is -2.12. The molecule has 3 rings (SSSR count). The fraction of sp³-hybridized carbons (Fsp3) is 0.115. The second kappa shape index (κ2) is 11.5. The number of nitriles is 3. The first-order chi connectivity index (χ1) is 16.6. The fourth-order valence-corrected chi connectivity index (χ4v) is 3.23. The van der Waals surface area contributed by atoms with Crippen LogP contribution in [0.15, 0.2) is 71.8 Å². The highest BCUT2D eigenvalue weighted by molar-refractivity contribution is 6.10. The Hall–Kier alpha value is -5.13. The van der Waals surface area contributed by atoms with Crippen molar-refractivity contribution in [3.8, 4) is 29.3 Å². The number of ether oxygens (including phenoxy) is 1. The van der Waals surface area contributed by atoms with Crippen molar-refractivity contribution in [1.29, 1.82) is 15.8 Å². The number of benzene rings is 3. The number of hydrogen-bond donors (Lipinski definition) is 2. The Bertz CT molecular complexity index is 1330. The van der Waals surface area contributed by atoms with E-state index >= 15 is 0 Å². The summed E-state index contributed by atoms with van der Waals surface area (Å²) in [4.78, 5) is 12.5. The highest BCUT2D eigenvalue weighted by atomic mass is 16.5. The van der Waals surface area contributed by atoms with Gasteiger partial charge in [-0.25, -0.2) is 4.79 Å². The van der Waals surface area contributed by atoms with E-state index in [9.17, 15) is 10.1 Å². The molecule has 0 fully saturated rings. The minimum Gasteiger partial charge on any atom is -0.462 e. The van der Waals surface area contributed by atoms with Gasteiger partial charge in [-0.1, -0.05) is 48.5 Å². The topological polar surface area (TPSA) is 134 Å². The maximum absolute atomic E-state index is 12.5. The van der Waals surface area contributed by atoms with Gasteiger partial charge in [0.1, 0.15) is 12.1 Å². The molecule has 3 aromatic rings. The second-order valence-electron chi connectivity index (χ2n) is 6.95. The molecule has 8 nitrogen and oxygen atoms in total. The molecule has 0 aliphatic heterocycles. The summed E-state index contributed by atoms with van der Waals surface area (Å²) < 4.78 is 5.16. The number of rotatable bonds is 8. The first kappa shape index (κ1) is 23.5. The van der Waals surface area contributed by atoms with E-state index < -0.39 is 5.97 Å². The smallest absolute Gasteiger partial charge is 0.340 e. The van der Waals surface area contributed by atoms with Gasteiger partial charge >= 0.3 is 5.97 Å². The Morgan fingerprint density at radius 2 is 1.71 bits per heavy atom. The second-order valence-corrected chi connectivity index (χ2v) is 6.95. The monoisotopic (exact) mass is 448 g/mol. The lowest BCUT2D eigenvalue weighted by atomic mass is 9.99. The van der Waals surface area contributed by atoms with E-state index in [1.165, 1.54) is 0 Å². The number of carbonyl (C=O) groups excluding carboxylic acids is 1. The molecule has 0 atom stereocenters. The van der Waals surface area contributed by atoms with Gasteiger partial charge in [-0.3, -0.25) is 5.43 Å². The molecule has 0 radical (unpaired) electrons. The van der Waals surface area contributed by atoms with Crippen molar-refractivity contribution in [1.82, 2.24) is 0 Å². The van der Waals surface area contributed by atoms with Gasteiger partial charge in [-0.15, -0.1) is 0 Å². The Morgan fingerprint density at radius 1 is 0.971 bits per heavy atom. The lowest BCUT2D eigenvalue weighted by molar-refractivity contribution is 0.0527. The molecule has 0 unspecified atom stereocenters. The van der Waals surface area contributed by atoms with Crippen LogP contribution >= 0.6 is 0 Å². The molecule has 0 aliphatic rings. The van der Waals surface area contributed by atoms with Gasteiger partial charge in [0.2, 0.25) is 5.71 Å². The average Bonchev–Trinajstić information content (AvgIpc) is 2.88. The molecular weight excluding hydrogens is 428 g/mol. The van der Waals surface area contributed by atoms with Crippen molar-refractivity contribution < 1.29 is 9.53 Å². The van der Waals surface area contributed by atoms with E-state index in [-0.39, 0.29) is 17.9 Å². The summed E-state index contributed by atoms with van der Waals surface area (Å²) in [6.07, 6.45) is 0. The minimum atomic E-state index is -0.512. The number of hydrogen-bond acceptors (Lipinski definition) is 8. The molecule has 0 heterocycles. The molecule has 0 bridgehead atoms. The van der Waals surface area contributed by atoms with Crippen molar-refractivity contribution in [2.45, 2.75) is 13.5 Å². The summed E-state index contributed by atoms with van der Waals surface area (Å²) in [5.74, 6) is -0.512. The number of anilines is 2. The van der Waals surface area contributed by atoms with Crippen LogP contribution in [0.2, 0.25) is 0 Å². The van der Waals surface area contributed by atoms with Crippen molar-refractivity contribution in [2.75, 3.05) is 17.3 Å². The molecule has 166 valence electrons. The number of hydrazone groups is 1. The molecule has 0 saturated heterocycles. The molecule has 8 heteroatoms. The summed E-state index contributed by atoms with van der Waals surface area (Å²) in [6, 6.07) is 25.6. The van der Waals surface area contributed by atoms with Gasteiger partial charge < -0.3 is 10.1 Å². The summed E-state index contributed by atoms with van der Waals surface area (Å²) in [5, 5.41) is 34.2. The zero-order valence-electron chi connectivity index (χ0n) is 18.4. The maximum Gasteiger partial charge on any atom is 0.340 e. The van der Waals surface area contributed by atoms with Crippen molar-refractivity contribution in [3.05, 3.63) is 83.4 Å². The zero-order valence-corrected chi connectivity index (χ0v) is 18.4. The molecule has 3 aromatic carbocycles. The largest absolute Gasteiger partial charge is 0.462 e. The predicted octanol–water partition coefficient (Wildman–Crippen LogP) is 4.83. The lowest BCUT2D eigenvalue weighted by Gasteiger charge is -2.16. The average molecular weight is 448 g/mol. The van der Waals surface area contributed by atoms with Gasteiger partial charge in [0.15, 0.2) is 0 Å². The maximum atomic E-state index is 12.5. The normalized spacial score (nSPS) is 9.59. The summed E-state index contributed by atoms with van der Waals surface area (Å²) in [7, 11) is 0. The Balaban J connectivity index is 1.87. The minimum absolute atomic E-state index is 0.215. The van der Waals surface area contributed by atoms with Crippen LogP contribution in [0.1, 0.15) is 28.4 Å². The van der Waals surface area contributed by atoms with E-state index in [1.54, 1.807) is 43.3 Å². The third-order valence-corrected chi connectivity index (χ3v) is 4.84. The van der Waals surface area contributed by atoms with Gasteiger partial charge in [-0.2, -0.15) is 20.9 Å². The molecular formula is C26H20N6O2. The fourth-order valence-electron chi connectivity index (χ4n) is 3.23. The first-order valence-electron chi connectivity index (χ1n) is 10.4. The standard InChI is InChI=1S/C26H20N6O2/c1-2-34-26(33)23-8-5-9-24(32-31-21(15-28)16-29)25(23)30-17-18-10-12-19(13-11-18)22-7-4-3-6-20(22)14-27/h3-13,30,32H,2,17H2,1H3. The molecule has 0 aromatic heterocycles. The highest BCUT2D eigenvalue weighted by Crippen LogP contribution is 2.29. The zero-order chi connectivity index (χ0) is 24.3. The van der Waals surface area contributed by atoms with Crippen LogP contribution in [-0.4, -0.2) is 18.3 Å². The van der Waals surface area contributed by atoms with Crippen LogP contribution in [0.3, 0.4) is 0 Å². The third-order valence-electron chi connectivity index (χ3n) is 4.84. The SMILES string of the molecule is CCOC(=O)c1cccc(NN=C(C#N)C#N)c1NCc1ccc(-c2ccccc2C#N)cc1. The van der Waals surface area contributed by atoms with Crippen LogP contribution < -0.4 is 10.7 Å². The van der Waals surface area contributed by atoms with Crippen molar-refractivity contribution in [2.24, 2.45) is 5.10 Å². The Labute approximate surface area is 197 Å².